The van der Waals surface area contributed by atoms with Crippen LogP contribution in [0.3, 0.4) is 0 Å². The van der Waals surface area contributed by atoms with E-state index in [1.165, 1.54) is 11.1 Å². The lowest BCUT2D eigenvalue weighted by Gasteiger charge is -2.16. The number of ether oxygens (including phenoxy) is 2. The first-order valence-electron chi connectivity index (χ1n) is 9.01. The molecule has 0 amide bonds. The number of halogens is 2. The Balaban J connectivity index is 1.74. The van der Waals surface area contributed by atoms with Crippen molar-refractivity contribution in [2.24, 2.45) is 0 Å². The highest BCUT2D eigenvalue weighted by Gasteiger charge is 2.13. The Labute approximate surface area is 176 Å². The first kappa shape index (κ1) is 20.4. The van der Waals surface area contributed by atoms with Crippen molar-refractivity contribution in [1.29, 1.82) is 0 Å². The molecule has 0 unspecified atom stereocenters. The maximum absolute atomic E-state index is 6.49. The lowest BCUT2D eigenvalue weighted by atomic mass is 10.1. The topological polar surface area (TPSA) is 30.5 Å². The molecule has 146 valence electrons. The Morgan fingerprint density at radius 1 is 0.929 bits per heavy atom. The Morgan fingerprint density at radius 3 is 2.46 bits per heavy atom. The zero-order valence-electron chi connectivity index (χ0n) is 16.2. The summed E-state index contributed by atoms with van der Waals surface area (Å²) in [5.41, 5.74) is 5.58. The van der Waals surface area contributed by atoms with Crippen molar-refractivity contribution in [3.8, 4) is 11.5 Å². The summed E-state index contributed by atoms with van der Waals surface area (Å²) in [6.45, 7) is 5.20. The molecule has 0 radical (unpaired) electrons. The van der Waals surface area contributed by atoms with Gasteiger partial charge in [0.15, 0.2) is 11.5 Å². The van der Waals surface area contributed by atoms with Gasteiger partial charge in [-0.1, -0.05) is 47.5 Å². The number of methoxy groups -OCH3 is 1. The number of hydrogen-bond acceptors (Lipinski definition) is 3. The largest absolute Gasteiger partial charge is 0.493 e. The second-order valence-corrected chi connectivity index (χ2v) is 7.47. The molecule has 0 spiro atoms. The van der Waals surface area contributed by atoms with Gasteiger partial charge in [0, 0.05) is 17.3 Å². The van der Waals surface area contributed by atoms with Crippen molar-refractivity contribution >= 4 is 28.9 Å². The molecular weight excluding hydrogens is 393 g/mol. The molecule has 0 aromatic heterocycles. The summed E-state index contributed by atoms with van der Waals surface area (Å²) < 4.78 is 11.4. The van der Waals surface area contributed by atoms with Crippen LogP contribution in [-0.2, 0) is 13.2 Å². The van der Waals surface area contributed by atoms with Gasteiger partial charge in [-0.2, -0.15) is 0 Å². The van der Waals surface area contributed by atoms with Gasteiger partial charge in [-0.3, -0.25) is 0 Å². The highest BCUT2D eigenvalue weighted by molar-refractivity contribution is 6.32. The molecule has 0 aliphatic carbocycles. The van der Waals surface area contributed by atoms with Crippen molar-refractivity contribution in [2.75, 3.05) is 12.4 Å². The van der Waals surface area contributed by atoms with Gasteiger partial charge in [-0.15, -0.1) is 0 Å². The third-order valence-corrected chi connectivity index (χ3v) is 5.16. The van der Waals surface area contributed by atoms with Gasteiger partial charge in [0.2, 0.25) is 0 Å². The summed E-state index contributed by atoms with van der Waals surface area (Å²) in [6.07, 6.45) is 0. The summed E-state index contributed by atoms with van der Waals surface area (Å²) in [6, 6.07) is 17.6. The third kappa shape index (κ3) is 4.92. The highest BCUT2D eigenvalue weighted by atomic mass is 35.5. The van der Waals surface area contributed by atoms with E-state index in [0.717, 1.165) is 16.8 Å². The second kappa shape index (κ2) is 9.22. The number of rotatable bonds is 7. The van der Waals surface area contributed by atoms with Gasteiger partial charge in [-0.25, -0.2) is 0 Å². The predicted molar refractivity (Wildman–Crippen MR) is 117 cm³/mol. The van der Waals surface area contributed by atoms with Crippen LogP contribution in [0, 0.1) is 13.8 Å². The molecule has 0 saturated carbocycles. The molecule has 3 rings (SSSR count). The number of benzene rings is 3. The van der Waals surface area contributed by atoms with Crippen LogP contribution >= 0.6 is 23.2 Å². The van der Waals surface area contributed by atoms with Crippen LogP contribution in [-0.4, -0.2) is 7.11 Å². The normalized spacial score (nSPS) is 10.6. The Bertz CT molecular complexity index is 973. The van der Waals surface area contributed by atoms with Crippen molar-refractivity contribution in [2.45, 2.75) is 27.0 Å². The average molecular weight is 416 g/mol. The van der Waals surface area contributed by atoms with Crippen LogP contribution < -0.4 is 14.8 Å². The zero-order chi connectivity index (χ0) is 20.1. The number of anilines is 1. The Kier molecular flexibility index (Phi) is 6.71. The van der Waals surface area contributed by atoms with Crippen LogP contribution in [0.5, 0.6) is 11.5 Å². The fourth-order valence-corrected chi connectivity index (χ4v) is 3.44. The summed E-state index contributed by atoms with van der Waals surface area (Å²) >= 11 is 12.5. The van der Waals surface area contributed by atoms with Gasteiger partial charge in [0.25, 0.3) is 0 Å². The van der Waals surface area contributed by atoms with Gasteiger partial charge in [-0.05, 0) is 66.4 Å². The second-order valence-electron chi connectivity index (χ2n) is 6.63. The monoisotopic (exact) mass is 415 g/mol. The summed E-state index contributed by atoms with van der Waals surface area (Å²) in [5.74, 6) is 1.13. The summed E-state index contributed by atoms with van der Waals surface area (Å²) in [5, 5.41) is 4.65. The van der Waals surface area contributed by atoms with Gasteiger partial charge < -0.3 is 14.8 Å². The molecule has 0 fully saturated rings. The number of nitrogens with one attached hydrogen (secondary N) is 1. The molecule has 0 aliphatic heterocycles. The smallest absolute Gasteiger partial charge is 0.180 e. The maximum atomic E-state index is 6.49. The molecule has 28 heavy (non-hydrogen) atoms. The van der Waals surface area contributed by atoms with Crippen LogP contribution in [0.25, 0.3) is 0 Å². The first-order valence-corrected chi connectivity index (χ1v) is 9.77. The van der Waals surface area contributed by atoms with Crippen molar-refractivity contribution in [3.63, 3.8) is 0 Å². The van der Waals surface area contributed by atoms with Crippen molar-refractivity contribution < 1.29 is 9.47 Å². The summed E-state index contributed by atoms with van der Waals surface area (Å²) in [7, 11) is 1.61. The third-order valence-electron chi connectivity index (χ3n) is 4.65. The standard InChI is InChI=1S/C23H23Cl2NO2/c1-15-6-4-9-21(16(15)2)26-13-18-11-20(25)23(22(12-18)27-3)28-14-17-7-5-8-19(24)10-17/h4-12,26H,13-14H2,1-3H3. The van der Waals surface area contributed by atoms with Gasteiger partial charge in [0.1, 0.15) is 6.61 Å². The van der Waals surface area contributed by atoms with Crippen molar-refractivity contribution in [1.82, 2.24) is 0 Å². The minimum Gasteiger partial charge on any atom is -0.493 e. The summed E-state index contributed by atoms with van der Waals surface area (Å²) in [4.78, 5) is 0. The first-order chi connectivity index (χ1) is 13.5. The molecule has 3 aromatic rings. The molecule has 3 aromatic carbocycles. The van der Waals surface area contributed by atoms with E-state index in [1.54, 1.807) is 7.11 Å². The molecule has 0 atom stereocenters. The molecule has 0 saturated heterocycles. The SMILES string of the molecule is COc1cc(CNc2cccc(C)c2C)cc(Cl)c1OCc1cccc(Cl)c1. The molecule has 1 N–H and O–H groups in total. The average Bonchev–Trinajstić information content (AvgIpc) is 2.68. The number of aryl methyl sites for hydroxylation is 1. The van der Waals surface area contributed by atoms with E-state index in [-0.39, 0.29) is 0 Å². The molecule has 0 bridgehead atoms. The molecule has 5 heteroatoms. The Hall–Kier alpha value is -2.36. The predicted octanol–water partition coefficient (Wildman–Crippen LogP) is 6.81. The lowest BCUT2D eigenvalue weighted by molar-refractivity contribution is 0.284. The van der Waals surface area contributed by atoms with E-state index in [4.69, 9.17) is 32.7 Å². The van der Waals surface area contributed by atoms with Crippen LogP contribution in [0.4, 0.5) is 5.69 Å². The minimum absolute atomic E-state index is 0.358. The fraction of sp³-hybridized carbons (Fsp3) is 0.217. The van der Waals surface area contributed by atoms with Crippen LogP contribution in [0.1, 0.15) is 22.3 Å². The van der Waals surface area contributed by atoms with Crippen molar-refractivity contribution in [3.05, 3.63) is 86.9 Å². The van der Waals surface area contributed by atoms with E-state index in [0.29, 0.717) is 34.7 Å². The van der Waals surface area contributed by atoms with E-state index in [2.05, 4.69) is 31.3 Å². The van der Waals surface area contributed by atoms with Crippen LogP contribution in [0.15, 0.2) is 54.6 Å². The highest BCUT2D eigenvalue weighted by Crippen LogP contribution is 2.37. The van der Waals surface area contributed by atoms with E-state index in [1.807, 2.05) is 42.5 Å². The molecule has 0 heterocycles. The van der Waals surface area contributed by atoms with E-state index >= 15 is 0 Å². The molecular formula is C23H23Cl2NO2. The van der Waals surface area contributed by atoms with Gasteiger partial charge in [0.05, 0.1) is 12.1 Å². The fourth-order valence-electron chi connectivity index (χ4n) is 2.94. The van der Waals surface area contributed by atoms with E-state index < -0.39 is 0 Å². The quantitative estimate of drug-likeness (QED) is 0.459. The van der Waals surface area contributed by atoms with Gasteiger partial charge >= 0.3 is 0 Å². The lowest BCUT2D eigenvalue weighted by Crippen LogP contribution is -2.04. The number of hydrogen-bond donors (Lipinski definition) is 1. The maximum Gasteiger partial charge on any atom is 0.180 e. The molecule has 0 aliphatic rings. The van der Waals surface area contributed by atoms with E-state index in [9.17, 15) is 0 Å². The Morgan fingerprint density at radius 2 is 1.71 bits per heavy atom. The van der Waals surface area contributed by atoms with Crippen LogP contribution in [0.2, 0.25) is 10.0 Å². The zero-order valence-corrected chi connectivity index (χ0v) is 17.7. The minimum atomic E-state index is 0.358. The molecule has 3 nitrogen and oxygen atoms in total.